The molecule has 0 radical (unpaired) electrons. The van der Waals surface area contributed by atoms with E-state index in [2.05, 4.69) is 16.5 Å². The average molecular weight is 323 g/mol. The molecule has 3 aromatic rings. The zero-order chi connectivity index (χ0) is 14.3. The van der Waals surface area contributed by atoms with E-state index in [4.69, 9.17) is 35.4 Å². The molecule has 0 spiro atoms. The molecule has 0 fully saturated rings. The van der Waals surface area contributed by atoms with Gasteiger partial charge in [-0.15, -0.1) is 0 Å². The SMILES string of the molecule is CC(c1ccccc1Cl)n1c(=S)[nH]c2cc(Cl)ccc21. The summed E-state index contributed by atoms with van der Waals surface area (Å²) >= 11 is 17.7. The molecule has 2 aromatic carbocycles. The highest BCUT2D eigenvalue weighted by Gasteiger charge is 2.15. The molecule has 20 heavy (non-hydrogen) atoms. The van der Waals surface area contributed by atoms with Crippen molar-refractivity contribution in [3.8, 4) is 0 Å². The van der Waals surface area contributed by atoms with Crippen molar-refractivity contribution >= 4 is 46.5 Å². The maximum absolute atomic E-state index is 6.29. The summed E-state index contributed by atoms with van der Waals surface area (Å²) < 4.78 is 2.72. The first kappa shape index (κ1) is 13.7. The molecule has 5 heteroatoms. The molecular formula is C15H12Cl2N2S. The number of nitrogens with zero attached hydrogens (tertiary/aromatic N) is 1. The topological polar surface area (TPSA) is 20.7 Å². The number of hydrogen-bond donors (Lipinski definition) is 1. The van der Waals surface area contributed by atoms with Crippen LogP contribution in [0, 0.1) is 4.77 Å². The van der Waals surface area contributed by atoms with Crippen molar-refractivity contribution in [1.29, 1.82) is 0 Å². The summed E-state index contributed by atoms with van der Waals surface area (Å²) in [6.07, 6.45) is 0. The van der Waals surface area contributed by atoms with E-state index in [1.54, 1.807) is 0 Å². The molecule has 1 N–H and O–H groups in total. The van der Waals surface area contributed by atoms with Crippen LogP contribution in [-0.4, -0.2) is 9.55 Å². The lowest BCUT2D eigenvalue weighted by atomic mass is 10.1. The molecule has 0 aliphatic carbocycles. The quantitative estimate of drug-likeness (QED) is 0.607. The van der Waals surface area contributed by atoms with Crippen molar-refractivity contribution in [3.05, 3.63) is 62.8 Å². The van der Waals surface area contributed by atoms with E-state index >= 15 is 0 Å². The monoisotopic (exact) mass is 322 g/mol. The number of hydrogen-bond acceptors (Lipinski definition) is 1. The first-order valence-electron chi connectivity index (χ1n) is 6.22. The number of rotatable bonds is 2. The van der Waals surface area contributed by atoms with Crippen LogP contribution in [0.15, 0.2) is 42.5 Å². The van der Waals surface area contributed by atoms with E-state index in [1.807, 2.05) is 42.5 Å². The van der Waals surface area contributed by atoms with Crippen molar-refractivity contribution in [1.82, 2.24) is 9.55 Å². The third-order valence-electron chi connectivity index (χ3n) is 3.42. The Hall–Kier alpha value is -1.29. The molecule has 102 valence electrons. The molecule has 1 heterocycles. The zero-order valence-corrected chi connectivity index (χ0v) is 13.1. The van der Waals surface area contributed by atoms with Crippen LogP contribution in [0.3, 0.4) is 0 Å². The highest BCUT2D eigenvalue weighted by Crippen LogP contribution is 2.29. The highest BCUT2D eigenvalue weighted by molar-refractivity contribution is 7.71. The fourth-order valence-corrected chi connectivity index (χ4v) is 3.27. The van der Waals surface area contributed by atoms with E-state index in [9.17, 15) is 0 Å². The van der Waals surface area contributed by atoms with E-state index in [0.717, 1.165) is 21.6 Å². The number of benzene rings is 2. The first-order valence-corrected chi connectivity index (χ1v) is 7.38. The van der Waals surface area contributed by atoms with Crippen molar-refractivity contribution in [3.63, 3.8) is 0 Å². The van der Waals surface area contributed by atoms with E-state index in [-0.39, 0.29) is 6.04 Å². The zero-order valence-electron chi connectivity index (χ0n) is 10.7. The third kappa shape index (κ3) is 2.26. The molecule has 0 bridgehead atoms. The number of aromatic nitrogens is 2. The third-order valence-corrected chi connectivity index (χ3v) is 4.30. The van der Waals surface area contributed by atoms with Gasteiger partial charge in [0, 0.05) is 10.0 Å². The number of nitrogens with one attached hydrogen (secondary N) is 1. The highest BCUT2D eigenvalue weighted by atomic mass is 35.5. The Balaban J connectivity index is 2.22. The molecule has 0 amide bonds. The molecule has 3 rings (SSSR count). The summed E-state index contributed by atoms with van der Waals surface area (Å²) in [5, 5.41) is 1.43. The van der Waals surface area contributed by atoms with Gasteiger partial charge in [-0.1, -0.05) is 41.4 Å². The molecule has 1 unspecified atom stereocenters. The fraction of sp³-hybridized carbons (Fsp3) is 0.133. The van der Waals surface area contributed by atoms with Gasteiger partial charge in [-0.2, -0.15) is 0 Å². The summed E-state index contributed by atoms with van der Waals surface area (Å²) in [5.41, 5.74) is 2.99. The van der Waals surface area contributed by atoms with Gasteiger partial charge in [0.25, 0.3) is 0 Å². The van der Waals surface area contributed by atoms with E-state index < -0.39 is 0 Å². The second-order valence-corrected chi connectivity index (χ2v) is 5.89. The Morgan fingerprint density at radius 3 is 2.65 bits per heavy atom. The smallest absolute Gasteiger partial charge is 0.178 e. The molecule has 0 aliphatic rings. The van der Waals surface area contributed by atoms with Crippen LogP contribution in [0.25, 0.3) is 11.0 Å². The second kappa shape index (κ2) is 5.24. The van der Waals surface area contributed by atoms with Gasteiger partial charge in [0.15, 0.2) is 4.77 Å². The number of H-pyrrole nitrogens is 1. The largest absolute Gasteiger partial charge is 0.331 e. The summed E-state index contributed by atoms with van der Waals surface area (Å²) in [5.74, 6) is 0. The Kier molecular flexibility index (Phi) is 3.59. The number of fused-ring (bicyclic) bond motifs is 1. The van der Waals surface area contributed by atoms with Gasteiger partial charge in [-0.05, 0) is 49.0 Å². The van der Waals surface area contributed by atoms with Crippen LogP contribution >= 0.6 is 35.4 Å². The predicted octanol–water partition coefficient (Wildman–Crippen LogP) is 5.61. The summed E-state index contributed by atoms with van der Waals surface area (Å²) in [6.45, 7) is 2.08. The van der Waals surface area contributed by atoms with Gasteiger partial charge in [0.05, 0.1) is 17.1 Å². The van der Waals surface area contributed by atoms with Gasteiger partial charge in [-0.3, -0.25) is 0 Å². The van der Waals surface area contributed by atoms with Crippen LogP contribution in [0.5, 0.6) is 0 Å². The van der Waals surface area contributed by atoms with Gasteiger partial charge in [-0.25, -0.2) is 0 Å². The maximum Gasteiger partial charge on any atom is 0.178 e. The lowest BCUT2D eigenvalue weighted by Gasteiger charge is -2.16. The second-order valence-electron chi connectivity index (χ2n) is 4.66. The van der Waals surface area contributed by atoms with Crippen molar-refractivity contribution in [2.24, 2.45) is 0 Å². The lowest BCUT2D eigenvalue weighted by Crippen LogP contribution is -2.07. The fourth-order valence-electron chi connectivity index (χ4n) is 2.44. The van der Waals surface area contributed by atoms with Crippen LogP contribution < -0.4 is 0 Å². The minimum atomic E-state index is 0.0473. The van der Waals surface area contributed by atoms with Crippen LogP contribution in [0.4, 0.5) is 0 Å². The van der Waals surface area contributed by atoms with Gasteiger partial charge >= 0.3 is 0 Å². The first-order chi connectivity index (χ1) is 9.58. The van der Waals surface area contributed by atoms with Crippen molar-refractivity contribution < 1.29 is 0 Å². The van der Waals surface area contributed by atoms with Crippen molar-refractivity contribution in [2.75, 3.05) is 0 Å². The Labute approximate surface area is 132 Å². The minimum absolute atomic E-state index is 0.0473. The van der Waals surface area contributed by atoms with E-state index in [1.165, 1.54) is 0 Å². The van der Waals surface area contributed by atoms with Gasteiger partial charge in [0.2, 0.25) is 0 Å². The normalized spacial score (nSPS) is 12.8. The summed E-state index contributed by atoms with van der Waals surface area (Å²) in [4.78, 5) is 3.19. The Morgan fingerprint density at radius 1 is 1.15 bits per heavy atom. The number of halogens is 2. The average Bonchev–Trinajstić information content (AvgIpc) is 2.73. The molecule has 0 aliphatic heterocycles. The summed E-state index contributed by atoms with van der Waals surface area (Å²) in [7, 11) is 0. The predicted molar refractivity (Wildman–Crippen MR) is 87.4 cm³/mol. The molecule has 0 saturated heterocycles. The molecule has 0 saturated carbocycles. The van der Waals surface area contributed by atoms with Crippen molar-refractivity contribution in [2.45, 2.75) is 13.0 Å². The molecule has 1 aromatic heterocycles. The Bertz CT molecular complexity index is 835. The minimum Gasteiger partial charge on any atom is -0.331 e. The molecule has 1 atom stereocenters. The van der Waals surface area contributed by atoms with E-state index in [0.29, 0.717) is 9.79 Å². The number of imidazole rings is 1. The van der Waals surface area contributed by atoms with Crippen LogP contribution in [0.2, 0.25) is 10.0 Å². The van der Waals surface area contributed by atoms with Crippen LogP contribution in [-0.2, 0) is 0 Å². The standard InChI is InChI=1S/C15H12Cl2N2S/c1-9(11-4-2-3-5-12(11)17)19-14-7-6-10(16)8-13(14)18-15(19)20/h2-9H,1H3,(H,18,20). The number of aromatic amines is 1. The molecule has 2 nitrogen and oxygen atoms in total. The maximum atomic E-state index is 6.29. The summed E-state index contributed by atoms with van der Waals surface area (Å²) in [6, 6.07) is 13.6. The van der Waals surface area contributed by atoms with Crippen LogP contribution in [0.1, 0.15) is 18.5 Å². The Morgan fingerprint density at radius 2 is 1.90 bits per heavy atom. The molecular weight excluding hydrogens is 311 g/mol. The lowest BCUT2D eigenvalue weighted by molar-refractivity contribution is 0.649. The van der Waals surface area contributed by atoms with Gasteiger partial charge in [0.1, 0.15) is 0 Å². The van der Waals surface area contributed by atoms with Gasteiger partial charge < -0.3 is 9.55 Å².